The minimum absolute atomic E-state index is 0. The van der Waals surface area contributed by atoms with E-state index in [2.05, 4.69) is 10.6 Å². The van der Waals surface area contributed by atoms with Crippen molar-refractivity contribution < 1.29 is 14.3 Å². The number of hydrogen-bond acceptors (Lipinski definition) is 4. The van der Waals surface area contributed by atoms with E-state index in [-0.39, 0.29) is 18.3 Å². The molecule has 0 saturated carbocycles. The van der Waals surface area contributed by atoms with E-state index >= 15 is 0 Å². The molecule has 1 aliphatic heterocycles. The lowest BCUT2D eigenvalue weighted by atomic mass is 10.1. The van der Waals surface area contributed by atoms with Crippen molar-refractivity contribution in [3.8, 4) is 11.5 Å². The Morgan fingerprint density at radius 1 is 1.32 bits per heavy atom. The second-order valence-corrected chi connectivity index (χ2v) is 5.30. The van der Waals surface area contributed by atoms with E-state index in [1.807, 2.05) is 18.2 Å². The maximum atomic E-state index is 11.9. The quantitative estimate of drug-likeness (QED) is 0.803. The van der Waals surface area contributed by atoms with Gasteiger partial charge in [-0.25, -0.2) is 0 Å². The molecule has 0 bridgehead atoms. The summed E-state index contributed by atoms with van der Waals surface area (Å²) in [6.07, 6.45) is 3.81. The molecule has 0 aliphatic carbocycles. The van der Waals surface area contributed by atoms with Gasteiger partial charge >= 0.3 is 0 Å². The fourth-order valence-electron chi connectivity index (χ4n) is 2.63. The lowest BCUT2D eigenvalue weighted by Gasteiger charge is -2.12. The number of methoxy groups -OCH3 is 2. The molecule has 1 fully saturated rings. The molecule has 0 aromatic heterocycles. The number of ether oxygens (including phenoxy) is 2. The molecular formula is C16H25ClN2O3. The van der Waals surface area contributed by atoms with Crippen LogP contribution in [0.1, 0.15) is 24.8 Å². The predicted molar refractivity (Wildman–Crippen MR) is 89.1 cm³/mol. The van der Waals surface area contributed by atoms with Gasteiger partial charge in [-0.15, -0.1) is 12.4 Å². The van der Waals surface area contributed by atoms with Crippen LogP contribution in [0.2, 0.25) is 0 Å². The molecule has 1 heterocycles. The van der Waals surface area contributed by atoms with Crippen LogP contribution in [-0.2, 0) is 11.2 Å². The largest absolute Gasteiger partial charge is 0.493 e. The smallest absolute Gasteiger partial charge is 0.224 e. The lowest BCUT2D eigenvalue weighted by molar-refractivity contribution is -0.120. The molecule has 22 heavy (non-hydrogen) atoms. The number of nitrogens with one attached hydrogen (secondary N) is 2. The summed E-state index contributed by atoms with van der Waals surface area (Å²) in [7, 11) is 3.19. The summed E-state index contributed by atoms with van der Waals surface area (Å²) in [5.41, 5.74) is 0.921. The first-order valence-electron chi connectivity index (χ1n) is 7.44. The maximum absolute atomic E-state index is 11.9. The zero-order chi connectivity index (χ0) is 15.1. The molecular weight excluding hydrogens is 304 g/mol. The molecule has 1 aromatic rings. The maximum Gasteiger partial charge on any atom is 0.224 e. The van der Waals surface area contributed by atoms with Crippen LogP contribution in [-0.4, -0.2) is 39.3 Å². The van der Waals surface area contributed by atoms with Gasteiger partial charge in [0.05, 0.1) is 20.6 Å². The number of carbonyl (C=O) groups is 1. The van der Waals surface area contributed by atoms with E-state index in [1.54, 1.807) is 14.2 Å². The highest BCUT2D eigenvalue weighted by Crippen LogP contribution is 2.27. The second-order valence-electron chi connectivity index (χ2n) is 5.30. The summed E-state index contributed by atoms with van der Waals surface area (Å²) in [4.78, 5) is 11.9. The highest BCUT2D eigenvalue weighted by Gasteiger charge is 2.14. The van der Waals surface area contributed by atoms with Crippen molar-refractivity contribution in [2.24, 2.45) is 0 Å². The Labute approximate surface area is 138 Å². The Hall–Kier alpha value is -1.46. The first kappa shape index (κ1) is 18.6. The van der Waals surface area contributed by atoms with E-state index in [4.69, 9.17) is 9.47 Å². The van der Waals surface area contributed by atoms with Gasteiger partial charge in [-0.3, -0.25) is 4.79 Å². The molecule has 2 N–H and O–H groups in total. The van der Waals surface area contributed by atoms with Gasteiger partial charge in [0.25, 0.3) is 0 Å². The van der Waals surface area contributed by atoms with Gasteiger partial charge in [0.15, 0.2) is 11.5 Å². The monoisotopic (exact) mass is 328 g/mol. The van der Waals surface area contributed by atoms with Crippen molar-refractivity contribution in [3.63, 3.8) is 0 Å². The van der Waals surface area contributed by atoms with Gasteiger partial charge in [0.1, 0.15) is 0 Å². The van der Waals surface area contributed by atoms with Crippen molar-refractivity contribution in [1.29, 1.82) is 0 Å². The van der Waals surface area contributed by atoms with Crippen LogP contribution in [0.3, 0.4) is 0 Å². The average Bonchev–Trinajstić information content (AvgIpc) is 3.00. The highest BCUT2D eigenvalue weighted by molar-refractivity contribution is 5.85. The standard InChI is InChI=1S/C16H24N2O3.ClH/c1-20-14-6-5-12(10-15(14)21-2)11-16(19)18-9-7-13-4-3-8-17-13;/h5-6,10,13,17H,3-4,7-9,11H2,1-2H3,(H,18,19);1H/t13-;/m1./s1. The van der Waals surface area contributed by atoms with Gasteiger partial charge < -0.3 is 20.1 Å². The molecule has 124 valence electrons. The van der Waals surface area contributed by atoms with E-state index in [1.165, 1.54) is 12.8 Å². The van der Waals surface area contributed by atoms with Crippen LogP contribution in [0.25, 0.3) is 0 Å². The summed E-state index contributed by atoms with van der Waals surface area (Å²) in [6.45, 7) is 1.83. The molecule has 2 rings (SSSR count). The third-order valence-electron chi connectivity index (χ3n) is 3.79. The Morgan fingerprint density at radius 2 is 2.09 bits per heavy atom. The number of carbonyl (C=O) groups excluding carboxylic acids is 1. The van der Waals surface area contributed by atoms with Crippen LogP contribution in [0.4, 0.5) is 0 Å². The first-order valence-corrected chi connectivity index (χ1v) is 7.44. The minimum Gasteiger partial charge on any atom is -0.493 e. The summed E-state index contributed by atoms with van der Waals surface area (Å²) < 4.78 is 10.4. The van der Waals surface area contributed by atoms with Crippen LogP contribution in [0, 0.1) is 0 Å². The highest BCUT2D eigenvalue weighted by atomic mass is 35.5. The third-order valence-corrected chi connectivity index (χ3v) is 3.79. The van der Waals surface area contributed by atoms with Gasteiger partial charge in [-0.1, -0.05) is 6.07 Å². The zero-order valence-corrected chi connectivity index (χ0v) is 14.0. The van der Waals surface area contributed by atoms with Crippen LogP contribution in [0.15, 0.2) is 18.2 Å². The molecule has 6 heteroatoms. The van der Waals surface area contributed by atoms with Crippen molar-refractivity contribution >= 4 is 18.3 Å². The molecule has 0 radical (unpaired) electrons. The van der Waals surface area contributed by atoms with Crippen molar-refractivity contribution in [3.05, 3.63) is 23.8 Å². The molecule has 5 nitrogen and oxygen atoms in total. The van der Waals surface area contributed by atoms with Crippen molar-refractivity contribution in [2.45, 2.75) is 31.7 Å². The summed E-state index contributed by atoms with van der Waals surface area (Å²) in [5.74, 6) is 1.37. The predicted octanol–water partition coefficient (Wildman–Crippen LogP) is 1.93. The molecule has 0 unspecified atom stereocenters. The Balaban J connectivity index is 0.00000242. The van der Waals surface area contributed by atoms with E-state index in [9.17, 15) is 4.79 Å². The van der Waals surface area contributed by atoms with Crippen LogP contribution < -0.4 is 20.1 Å². The van der Waals surface area contributed by atoms with E-state index in [0.29, 0.717) is 24.0 Å². The van der Waals surface area contributed by atoms with Gasteiger partial charge in [-0.05, 0) is 43.5 Å². The minimum atomic E-state index is 0. The molecule has 1 saturated heterocycles. The topological polar surface area (TPSA) is 59.6 Å². The molecule has 1 aliphatic rings. The molecule has 1 aromatic carbocycles. The van der Waals surface area contributed by atoms with E-state index < -0.39 is 0 Å². The number of hydrogen-bond donors (Lipinski definition) is 2. The first-order chi connectivity index (χ1) is 10.2. The van der Waals surface area contributed by atoms with E-state index in [0.717, 1.165) is 25.1 Å². The Kier molecular flexibility index (Phi) is 8.06. The lowest BCUT2D eigenvalue weighted by Crippen LogP contribution is -2.31. The summed E-state index contributed by atoms with van der Waals surface area (Å²) in [6, 6.07) is 6.12. The van der Waals surface area contributed by atoms with Crippen LogP contribution >= 0.6 is 12.4 Å². The zero-order valence-electron chi connectivity index (χ0n) is 13.2. The molecule has 1 amide bonds. The van der Waals surface area contributed by atoms with Gasteiger partial charge in [0.2, 0.25) is 5.91 Å². The SMILES string of the molecule is COc1ccc(CC(=O)NCC[C@H]2CCCN2)cc1OC.Cl. The van der Waals surface area contributed by atoms with Crippen molar-refractivity contribution in [2.75, 3.05) is 27.3 Å². The number of halogens is 1. The summed E-state index contributed by atoms with van der Waals surface area (Å²) in [5, 5.41) is 6.40. The molecule has 1 atom stereocenters. The van der Waals surface area contributed by atoms with Gasteiger partial charge in [0, 0.05) is 12.6 Å². The van der Waals surface area contributed by atoms with Crippen LogP contribution in [0.5, 0.6) is 11.5 Å². The fraction of sp³-hybridized carbons (Fsp3) is 0.562. The Bertz CT molecular complexity index is 476. The van der Waals surface area contributed by atoms with Crippen molar-refractivity contribution in [1.82, 2.24) is 10.6 Å². The van der Waals surface area contributed by atoms with Gasteiger partial charge in [-0.2, -0.15) is 0 Å². The second kappa shape index (κ2) is 9.54. The molecule has 0 spiro atoms. The number of amides is 1. The average molecular weight is 329 g/mol. The number of benzene rings is 1. The number of rotatable bonds is 7. The third kappa shape index (κ3) is 5.39. The fourth-order valence-corrected chi connectivity index (χ4v) is 2.63. The Morgan fingerprint density at radius 3 is 2.73 bits per heavy atom. The summed E-state index contributed by atoms with van der Waals surface area (Å²) >= 11 is 0. The normalized spacial score (nSPS) is 16.7.